The van der Waals surface area contributed by atoms with Crippen molar-refractivity contribution in [2.75, 3.05) is 19.4 Å². The van der Waals surface area contributed by atoms with Gasteiger partial charge in [-0.05, 0) is 24.5 Å². The summed E-state index contributed by atoms with van der Waals surface area (Å²) in [4.78, 5) is 24.9. The van der Waals surface area contributed by atoms with Gasteiger partial charge in [-0.2, -0.15) is 0 Å². The summed E-state index contributed by atoms with van der Waals surface area (Å²) < 4.78 is 4.98. The fourth-order valence-electron chi connectivity index (χ4n) is 1.81. The van der Waals surface area contributed by atoms with E-state index in [-0.39, 0.29) is 18.9 Å². The average molecular weight is 262 g/mol. The van der Waals surface area contributed by atoms with E-state index in [2.05, 4.69) is 0 Å². The molecule has 0 heterocycles. The van der Waals surface area contributed by atoms with Gasteiger partial charge in [-0.3, -0.25) is 9.59 Å². The number of hydrogen-bond donors (Lipinski definition) is 1. The molecular weight excluding hydrogens is 244 g/mol. The first-order chi connectivity index (χ1) is 9.08. The van der Waals surface area contributed by atoms with Gasteiger partial charge in [-0.1, -0.05) is 18.2 Å². The number of esters is 1. The summed E-state index contributed by atoms with van der Waals surface area (Å²) in [5.74, 6) is -0.590. The molecule has 1 aliphatic rings. The van der Waals surface area contributed by atoms with Gasteiger partial charge in [0.1, 0.15) is 0 Å². The summed E-state index contributed by atoms with van der Waals surface area (Å²) in [6.07, 6.45) is 2.17. The maximum Gasteiger partial charge on any atom is 0.310 e. The van der Waals surface area contributed by atoms with Gasteiger partial charge < -0.3 is 15.4 Å². The highest BCUT2D eigenvalue weighted by atomic mass is 16.5. The van der Waals surface area contributed by atoms with Crippen molar-refractivity contribution in [1.82, 2.24) is 4.90 Å². The number of anilines is 1. The standard InChI is InChI=1S/C14H18N2O3/c1-16(11-6-7-11)13(17)9-19-14(18)8-10-4-2-3-5-12(10)15/h2-5,11H,6-9,15H2,1H3. The predicted octanol–water partition coefficient (Wildman–Crippen LogP) is 0.975. The zero-order chi connectivity index (χ0) is 13.8. The lowest BCUT2D eigenvalue weighted by molar-refractivity contribution is -0.151. The number of amides is 1. The lowest BCUT2D eigenvalue weighted by Gasteiger charge is -2.16. The number of likely N-dealkylation sites (N-methyl/N-ethyl adjacent to an activating group) is 1. The van der Waals surface area contributed by atoms with Crippen LogP contribution >= 0.6 is 0 Å². The summed E-state index contributed by atoms with van der Waals surface area (Å²) in [6.45, 7) is -0.196. The van der Waals surface area contributed by atoms with Crippen molar-refractivity contribution in [3.8, 4) is 0 Å². The minimum atomic E-state index is -0.435. The number of para-hydroxylation sites is 1. The first kappa shape index (κ1) is 13.4. The second kappa shape index (κ2) is 5.73. The van der Waals surface area contributed by atoms with Crippen LogP contribution in [0.15, 0.2) is 24.3 Å². The molecule has 2 N–H and O–H groups in total. The van der Waals surface area contributed by atoms with Crippen molar-refractivity contribution in [3.63, 3.8) is 0 Å². The Hall–Kier alpha value is -2.04. The van der Waals surface area contributed by atoms with E-state index in [4.69, 9.17) is 10.5 Å². The molecule has 102 valence electrons. The summed E-state index contributed by atoms with van der Waals surface area (Å²) >= 11 is 0. The number of rotatable bonds is 5. The van der Waals surface area contributed by atoms with Crippen LogP contribution in [0.2, 0.25) is 0 Å². The maximum atomic E-state index is 11.7. The molecule has 0 atom stereocenters. The highest BCUT2D eigenvalue weighted by molar-refractivity contribution is 5.82. The molecular formula is C14H18N2O3. The van der Waals surface area contributed by atoms with E-state index < -0.39 is 5.97 Å². The highest BCUT2D eigenvalue weighted by Gasteiger charge is 2.29. The third-order valence-electron chi connectivity index (χ3n) is 3.23. The number of carbonyl (C=O) groups is 2. The molecule has 0 radical (unpaired) electrons. The first-order valence-electron chi connectivity index (χ1n) is 6.32. The van der Waals surface area contributed by atoms with E-state index in [1.54, 1.807) is 30.1 Å². The second-order valence-corrected chi connectivity index (χ2v) is 4.77. The second-order valence-electron chi connectivity index (χ2n) is 4.77. The number of carbonyl (C=O) groups excluding carboxylic acids is 2. The number of benzene rings is 1. The van der Waals surface area contributed by atoms with Crippen LogP contribution in [0.5, 0.6) is 0 Å². The van der Waals surface area contributed by atoms with Crippen LogP contribution in [0.25, 0.3) is 0 Å². The molecule has 0 aromatic heterocycles. The largest absolute Gasteiger partial charge is 0.455 e. The third-order valence-corrected chi connectivity index (χ3v) is 3.23. The molecule has 1 aromatic rings. The normalized spacial score (nSPS) is 13.9. The fraction of sp³-hybridized carbons (Fsp3) is 0.429. The molecule has 2 rings (SSSR count). The van der Waals surface area contributed by atoms with Crippen LogP contribution < -0.4 is 5.73 Å². The lowest BCUT2D eigenvalue weighted by atomic mass is 10.1. The van der Waals surface area contributed by atoms with Crippen LogP contribution in [0.1, 0.15) is 18.4 Å². The van der Waals surface area contributed by atoms with Crippen LogP contribution in [0.3, 0.4) is 0 Å². The quantitative estimate of drug-likeness (QED) is 0.634. The monoisotopic (exact) mass is 262 g/mol. The van der Waals surface area contributed by atoms with E-state index in [0.717, 1.165) is 18.4 Å². The van der Waals surface area contributed by atoms with Gasteiger partial charge in [0.2, 0.25) is 0 Å². The number of ether oxygens (including phenoxy) is 1. The van der Waals surface area contributed by atoms with Crippen molar-refractivity contribution in [3.05, 3.63) is 29.8 Å². The highest BCUT2D eigenvalue weighted by Crippen LogP contribution is 2.25. The Labute approximate surface area is 112 Å². The number of nitrogen functional groups attached to an aromatic ring is 1. The molecule has 5 heteroatoms. The predicted molar refractivity (Wildman–Crippen MR) is 71.3 cm³/mol. The number of nitrogens with zero attached hydrogens (tertiary/aromatic N) is 1. The molecule has 0 unspecified atom stereocenters. The summed E-state index contributed by atoms with van der Waals surface area (Å²) in [5.41, 5.74) is 7.01. The number of nitrogens with two attached hydrogens (primary N) is 1. The van der Waals surface area contributed by atoms with Gasteiger partial charge in [0.05, 0.1) is 6.42 Å². The maximum absolute atomic E-state index is 11.7. The van der Waals surface area contributed by atoms with Gasteiger partial charge in [0.15, 0.2) is 6.61 Å². The Morgan fingerprint density at radius 3 is 2.68 bits per heavy atom. The minimum absolute atomic E-state index is 0.0904. The summed E-state index contributed by atoms with van der Waals surface area (Å²) in [5, 5.41) is 0. The van der Waals surface area contributed by atoms with Gasteiger partial charge in [0, 0.05) is 18.8 Å². The van der Waals surface area contributed by atoms with E-state index in [9.17, 15) is 9.59 Å². The van der Waals surface area contributed by atoms with E-state index in [0.29, 0.717) is 11.7 Å². The molecule has 0 saturated heterocycles. The number of hydrogen-bond acceptors (Lipinski definition) is 4. The van der Waals surface area contributed by atoms with Gasteiger partial charge in [-0.25, -0.2) is 0 Å². The summed E-state index contributed by atoms with van der Waals surface area (Å²) in [7, 11) is 1.74. The minimum Gasteiger partial charge on any atom is -0.455 e. The molecule has 0 bridgehead atoms. The van der Waals surface area contributed by atoms with Crippen LogP contribution in [-0.2, 0) is 20.7 Å². The Kier molecular flexibility index (Phi) is 4.04. The van der Waals surface area contributed by atoms with Crippen LogP contribution in [-0.4, -0.2) is 36.5 Å². The van der Waals surface area contributed by atoms with Crippen molar-refractivity contribution in [2.24, 2.45) is 0 Å². The molecule has 1 saturated carbocycles. The molecule has 1 aliphatic carbocycles. The smallest absolute Gasteiger partial charge is 0.310 e. The Morgan fingerprint density at radius 1 is 1.37 bits per heavy atom. The molecule has 1 amide bonds. The van der Waals surface area contributed by atoms with Crippen molar-refractivity contribution >= 4 is 17.6 Å². The van der Waals surface area contributed by atoms with E-state index in [1.165, 1.54) is 0 Å². The third kappa shape index (κ3) is 3.71. The molecule has 19 heavy (non-hydrogen) atoms. The van der Waals surface area contributed by atoms with Crippen molar-refractivity contribution in [1.29, 1.82) is 0 Å². The van der Waals surface area contributed by atoms with Gasteiger partial charge in [-0.15, -0.1) is 0 Å². The van der Waals surface area contributed by atoms with Gasteiger partial charge in [0.25, 0.3) is 5.91 Å². The SMILES string of the molecule is CN(C(=O)COC(=O)Cc1ccccc1N)C1CC1. The van der Waals surface area contributed by atoms with Crippen LogP contribution in [0.4, 0.5) is 5.69 Å². The van der Waals surface area contributed by atoms with E-state index >= 15 is 0 Å². The van der Waals surface area contributed by atoms with Crippen molar-refractivity contribution in [2.45, 2.75) is 25.3 Å². The topological polar surface area (TPSA) is 72.6 Å². The van der Waals surface area contributed by atoms with Gasteiger partial charge >= 0.3 is 5.97 Å². The zero-order valence-corrected chi connectivity index (χ0v) is 11.0. The molecule has 0 spiro atoms. The lowest BCUT2D eigenvalue weighted by Crippen LogP contribution is -2.33. The molecule has 0 aliphatic heterocycles. The molecule has 1 aromatic carbocycles. The average Bonchev–Trinajstić information content (AvgIpc) is 3.22. The Balaban J connectivity index is 1.78. The Bertz CT molecular complexity index is 483. The van der Waals surface area contributed by atoms with Crippen LogP contribution in [0, 0.1) is 0 Å². The molecule has 1 fully saturated rings. The summed E-state index contributed by atoms with van der Waals surface area (Å²) in [6, 6.07) is 7.45. The zero-order valence-electron chi connectivity index (χ0n) is 11.0. The van der Waals surface area contributed by atoms with Crippen molar-refractivity contribution < 1.29 is 14.3 Å². The molecule has 5 nitrogen and oxygen atoms in total. The van der Waals surface area contributed by atoms with E-state index in [1.807, 2.05) is 6.07 Å². The fourth-order valence-corrected chi connectivity index (χ4v) is 1.81. The Morgan fingerprint density at radius 2 is 2.05 bits per heavy atom. The first-order valence-corrected chi connectivity index (χ1v) is 6.32.